The minimum atomic E-state index is -0.256. The van der Waals surface area contributed by atoms with Crippen molar-refractivity contribution in [2.75, 3.05) is 35.0 Å². The molecule has 0 saturated heterocycles. The number of carbonyl (C=O) groups is 9. The minimum absolute atomic E-state index is 0. The summed E-state index contributed by atoms with van der Waals surface area (Å²) in [6.07, 6.45) is 44.0. The van der Waals surface area contributed by atoms with Crippen molar-refractivity contribution in [1.82, 2.24) is 0 Å². The number of phenols is 6. The van der Waals surface area contributed by atoms with Crippen molar-refractivity contribution in [3.05, 3.63) is 78.6 Å². The third-order valence-corrected chi connectivity index (χ3v) is 18.7. The molecule has 104 heavy (non-hydrogen) atoms. The van der Waals surface area contributed by atoms with Gasteiger partial charge in [0.2, 0.25) is 0 Å². The summed E-state index contributed by atoms with van der Waals surface area (Å²) in [5, 5.41) is 69.5. The summed E-state index contributed by atoms with van der Waals surface area (Å²) in [6, 6.07) is 0. The predicted molar refractivity (Wildman–Crippen MR) is 410 cm³/mol. The van der Waals surface area contributed by atoms with Crippen LogP contribution in [-0.2, 0) is 81.0 Å². The van der Waals surface area contributed by atoms with Gasteiger partial charge in [-0.3, -0.25) is 33.6 Å². The van der Waals surface area contributed by atoms with Gasteiger partial charge < -0.3 is 71.7 Å². The summed E-state index contributed by atoms with van der Waals surface area (Å²) in [6.45, 7) is 6.69. The Hall–Kier alpha value is -6.08. The number of aliphatic hydroxyl groups excluding tert-OH is 1. The van der Waals surface area contributed by atoms with Crippen molar-refractivity contribution in [3.8, 4) is 34.5 Å². The quantitative estimate of drug-likeness (QED) is 0.00689. The van der Waals surface area contributed by atoms with Crippen LogP contribution in [-0.4, -0.2) is 126 Å². The van der Waals surface area contributed by atoms with Crippen LogP contribution in [0.2, 0.25) is 15.1 Å². The van der Waals surface area contributed by atoms with Crippen LogP contribution < -0.4 is 0 Å². The number of aliphatic hydroxyl groups is 1. The molecule has 7 N–H and O–H groups in total. The number of hydrogen-bond donors (Lipinski definition) is 7. The van der Waals surface area contributed by atoms with E-state index in [9.17, 15) is 73.8 Å². The molecule has 3 aromatic carbocycles. The number of ketones is 1. The van der Waals surface area contributed by atoms with Crippen molar-refractivity contribution < 1.29 is 118 Å². The number of benzene rings is 3. The van der Waals surface area contributed by atoms with Crippen molar-refractivity contribution in [2.24, 2.45) is 0 Å². The molecule has 0 aliphatic heterocycles. The molecule has 0 radical (unpaired) electrons. The fourth-order valence-electron chi connectivity index (χ4n) is 10.8. The van der Waals surface area contributed by atoms with Gasteiger partial charge in [0.15, 0.2) is 18.9 Å². The van der Waals surface area contributed by atoms with Crippen LogP contribution in [0.3, 0.4) is 0 Å². The maximum atomic E-state index is 11.1. The van der Waals surface area contributed by atoms with Gasteiger partial charge in [0.05, 0.1) is 65.8 Å². The van der Waals surface area contributed by atoms with Gasteiger partial charge in [-0.1, -0.05) is 188 Å². The van der Waals surface area contributed by atoms with Crippen LogP contribution in [0.5, 0.6) is 34.5 Å². The largest absolute Gasteiger partial charge is 0.507 e. The average molecular weight is 1620 g/mol. The summed E-state index contributed by atoms with van der Waals surface area (Å²) >= 11 is 18.1. The van der Waals surface area contributed by atoms with Crippen molar-refractivity contribution in [3.63, 3.8) is 0 Å². The molecule has 596 valence electrons. The second-order valence-electron chi connectivity index (χ2n) is 25.3. The fourth-order valence-corrected chi connectivity index (χ4v) is 11.5. The summed E-state index contributed by atoms with van der Waals surface area (Å²) < 4.78 is 18.3. The number of methoxy groups -OCH3 is 4. The molecule has 3 aromatic rings. The van der Waals surface area contributed by atoms with E-state index in [1.165, 1.54) is 47.7 Å². The Morgan fingerprint density at radius 3 is 0.894 bits per heavy atom. The van der Waals surface area contributed by atoms with E-state index in [4.69, 9.17) is 39.9 Å². The molecule has 0 saturated carbocycles. The number of ether oxygens (including phenoxy) is 4. The summed E-state index contributed by atoms with van der Waals surface area (Å²) in [7, 11) is 5.64. The Labute approximate surface area is 649 Å². The summed E-state index contributed by atoms with van der Waals surface area (Å²) in [5.41, 5.74) is 2.39. The summed E-state index contributed by atoms with van der Waals surface area (Å²) in [5.74, 6) is -1.37. The molecule has 0 spiro atoms. The first-order chi connectivity index (χ1) is 48.9. The van der Waals surface area contributed by atoms with Gasteiger partial charge in [-0.15, -0.1) is 0 Å². The molecule has 3 rings (SSSR count). The van der Waals surface area contributed by atoms with Gasteiger partial charge in [-0.05, 0) is 128 Å². The first kappa shape index (κ1) is 104. The van der Waals surface area contributed by atoms with Crippen molar-refractivity contribution in [2.45, 2.75) is 291 Å². The maximum absolute atomic E-state index is 11.1. The minimum Gasteiger partial charge on any atom is -0.507 e. The van der Waals surface area contributed by atoms with Gasteiger partial charge in [-0.2, -0.15) is 0 Å². The van der Waals surface area contributed by atoms with Crippen molar-refractivity contribution >= 4 is 95.7 Å². The number of hydrogen-bond acceptors (Lipinski definition) is 20. The van der Waals surface area contributed by atoms with E-state index in [1.54, 1.807) is 33.8 Å². The van der Waals surface area contributed by atoms with Crippen LogP contribution in [0.15, 0.2) is 6.08 Å². The Kier molecular flexibility index (Phi) is 67.7. The van der Waals surface area contributed by atoms with E-state index in [2.05, 4.69) is 18.9 Å². The second-order valence-corrected chi connectivity index (χ2v) is 26.4. The van der Waals surface area contributed by atoms with Crippen LogP contribution in [0, 0.1) is 28.2 Å². The maximum Gasteiger partial charge on any atom is 0.305 e. The van der Waals surface area contributed by atoms with E-state index < -0.39 is 0 Å². The fraction of sp³-hybridized carbons (Fsp3) is 0.625. The number of Topliss-reactive ketones (excluding diaryl/α,β-unsaturated/α-hetero) is 1. The van der Waals surface area contributed by atoms with E-state index in [1.807, 2.05) is 6.08 Å². The number of phenolic OH excluding ortho intramolecular Hbond substituents is 6. The average Bonchev–Trinajstić information content (AvgIpc) is 0.814. The SMILES string of the molecule is CC(=O)CCCCCCCCCc1c(O)c(Cl)c(C)c(C=O)c1O.COC(=O)CCCCCCC/C=C/c1c(O)c(Cl)c(C)c(C=O)c1O.COC(=O)CCCCCCCCC=O.COC(=O)CCCCCCCCCO.COC(=O)CCCCCCCCCc1c(O)c(Cl)c(C)c(C=O)c1O.[CH3-].[Pd]. The monoisotopic (exact) mass is 1620 g/mol. The number of carbonyl (C=O) groups excluding carboxylic acids is 9. The molecule has 0 heterocycles. The molecule has 0 aliphatic carbocycles. The van der Waals surface area contributed by atoms with Gasteiger partial charge in [-0.25, -0.2) is 0 Å². The van der Waals surface area contributed by atoms with Gasteiger partial charge in [0.1, 0.15) is 46.6 Å². The smallest absolute Gasteiger partial charge is 0.305 e. The normalized spacial score (nSPS) is 10.4. The van der Waals surface area contributed by atoms with E-state index in [0.717, 1.165) is 199 Å². The molecule has 0 bridgehead atoms. The van der Waals surface area contributed by atoms with Gasteiger partial charge in [0, 0.05) is 76.7 Å². The molecule has 0 unspecified atom stereocenters. The molecule has 0 fully saturated rings. The van der Waals surface area contributed by atoms with Gasteiger partial charge in [0.25, 0.3) is 0 Å². The molecule has 20 nitrogen and oxygen atoms in total. The molecule has 0 aromatic heterocycles. The molecular weight excluding hydrogens is 1490 g/mol. The van der Waals surface area contributed by atoms with Gasteiger partial charge >= 0.3 is 23.9 Å². The van der Waals surface area contributed by atoms with Crippen LogP contribution >= 0.6 is 34.8 Å². The Balaban J connectivity index is -0.000000611. The number of aldehydes is 4. The zero-order chi connectivity index (χ0) is 77.0. The standard InChI is InChI=1S/C19H27ClO5.C19H25ClO5.C19H27ClO4.C11H22O3.C11H20O3.CH3.Pd/c2*1-13-15(12-21)18(23)14(19(24)17(13)20)10-8-6-4-3-5-7-9-11-16(22)25-2;1-13(22)10-8-6-4-3-5-7-9-11-15-18(23)16(12-21)14(2)17(20)19(15)24;2*1-14-11(13)9-7-5-3-2-4-6-8-10-12;;/h12,23-24H,3-11H2,1-2H3;8,10,12,23-24H,3-7,9,11H2,1-2H3;12,23-24H,3-11H2,1-2H3;12H,2-10H2,1H3;10H,2-9H2,1H3;1H3;/q;;;;;-1;/b;10-8+;;;;;. The Morgan fingerprint density at radius 1 is 0.346 bits per heavy atom. The molecule has 0 amide bonds. The molecule has 0 atom stereocenters. The van der Waals surface area contributed by atoms with E-state index >= 15 is 0 Å². The number of unbranched alkanes of at least 4 members (excludes halogenated alkanes) is 29. The third-order valence-electron chi connectivity index (χ3n) is 17.3. The molecular formula is C80H124Cl3O20Pd-. The van der Waals surface area contributed by atoms with Crippen molar-refractivity contribution in [1.29, 1.82) is 0 Å². The zero-order valence-corrected chi connectivity index (χ0v) is 67.4. The van der Waals surface area contributed by atoms with Crippen LogP contribution in [0.4, 0.5) is 0 Å². The van der Waals surface area contributed by atoms with E-state index in [0.29, 0.717) is 105 Å². The first-order valence-electron chi connectivity index (χ1n) is 36.4. The predicted octanol–water partition coefficient (Wildman–Crippen LogP) is 19.8. The van der Waals surface area contributed by atoms with E-state index in [-0.39, 0.29) is 129 Å². The Morgan fingerprint density at radius 2 is 0.606 bits per heavy atom. The van der Waals surface area contributed by atoms with Crippen LogP contribution in [0.1, 0.15) is 322 Å². The number of halogens is 3. The molecule has 24 heteroatoms. The first-order valence-corrected chi connectivity index (χ1v) is 37.6. The zero-order valence-electron chi connectivity index (χ0n) is 63.6. The third kappa shape index (κ3) is 46.8. The number of esters is 4. The molecule has 0 aliphatic rings. The topological polar surface area (TPSA) is 332 Å². The Bertz CT molecular complexity index is 2950. The number of rotatable bonds is 50. The second kappa shape index (κ2) is 67.5. The number of aromatic hydroxyl groups is 6. The van der Waals surface area contributed by atoms with Crippen LogP contribution in [0.25, 0.3) is 6.08 Å². The summed E-state index contributed by atoms with van der Waals surface area (Å²) in [4.78, 5) is 97.5. The number of allylic oxidation sites excluding steroid dienone is 1.